The largest absolute Gasteiger partial charge is 0.494 e. The lowest BCUT2D eigenvalue weighted by Crippen LogP contribution is -2.49. The average molecular weight is 341 g/mol. The maximum absolute atomic E-state index is 13.2. The van der Waals surface area contributed by atoms with Crippen LogP contribution in [0.2, 0.25) is 0 Å². The lowest BCUT2D eigenvalue weighted by Gasteiger charge is -2.43. The average Bonchev–Trinajstić information content (AvgIpc) is 2.57. The standard InChI is InChI=1S/C21H24FNO2/c1-3-25-19-11-5-16(6-12-19)15-23(2)20(24)21(13-4-14-21)17-7-9-18(22)10-8-17/h5-12H,3-4,13-15H2,1-2H3. The fourth-order valence-corrected chi connectivity index (χ4v) is 3.49. The van der Waals surface area contributed by atoms with Crippen LogP contribution in [0.5, 0.6) is 5.75 Å². The van der Waals surface area contributed by atoms with Crippen molar-refractivity contribution in [1.29, 1.82) is 0 Å². The summed E-state index contributed by atoms with van der Waals surface area (Å²) >= 11 is 0. The first-order valence-corrected chi connectivity index (χ1v) is 8.78. The highest BCUT2D eigenvalue weighted by atomic mass is 19.1. The zero-order valence-electron chi connectivity index (χ0n) is 14.8. The van der Waals surface area contributed by atoms with E-state index in [4.69, 9.17) is 4.74 Å². The monoisotopic (exact) mass is 341 g/mol. The number of likely N-dealkylation sites (N-methyl/N-ethyl adjacent to an activating group) is 1. The van der Waals surface area contributed by atoms with Crippen molar-refractivity contribution in [2.24, 2.45) is 0 Å². The number of ether oxygens (including phenoxy) is 1. The molecule has 0 unspecified atom stereocenters. The molecule has 0 aromatic heterocycles. The van der Waals surface area contributed by atoms with Crippen molar-refractivity contribution >= 4 is 5.91 Å². The molecule has 0 N–H and O–H groups in total. The Morgan fingerprint density at radius 3 is 2.28 bits per heavy atom. The minimum Gasteiger partial charge on any atom is -0.494 e. The topological polar surface area (TPSA) is 29.5 Å². The fourth-order valence-electron chi connectivity index (χ4n) is 3.49. The first-order chi connectivity index (χ1) is 12.0. The summed E-state index contributed by atoms with van der Waals surface area (Å²) in [4.78, 5) is 14.9. The highest BCUT2D eigenvalue weighted by molar-refractivity contribution is 5.89. The van der Waals surface area contributed by atoms with Crippen LogP contribution >= 0.6 is 0 Å². The Balaban J connectivity index is 1.73. The van der Waals surface area contributed by atoms with Gasteiger partial charge < -0.3 is 9.64 Å². The van der Waals surface area contributed by atoms with Crippen molar-refractivity contribution in [3.8, 4) is 5.75 Å². The molecule has 0 bridgehead atoms. The second-order valence-electron chi connectivity index (χ2n) is 6.68. The Morgan fingerprint density at radius 2 is 1.76 bits per heavy atom. The van der Waals surface area contributed by atoms with Gasteiger partial charge in [0.05, 0.1) is 12.0 Å². The van der Waals surface area contributed by atoms with Gasteiger partial charge in [0.1, 0.15) is 11.6 Å². The van der Waals surface area contributed by atoms with E-state index in [2.05, 4.69) is 0 Å². The molecule has 0 aliphatic heterocycles. The molecule has 2 aromatic carbocycles. The molecule has 1 amide bonds. The number of nitrogens with zero attached hydrogens (tertiary/aromatic N) is 1. The second-order valence-corrected chi connectivity index (χ2v) is 6.68. The van der Waals surface area contributed by atoms with Crippen molar-refractivity contribution in [3.05, 3.63) is 65.5 Å². The smallest absolute Gasteiger partial charge is 0.233 e. The minimum atomic E-state index is -0.492. The fraction of sp³-hybridized carbons (Fsp3) is 0.381. The van der Waals surface area contributed by atoms with E-state index in [0.717, 1.165) is 36.1 Å². The summed E-state index contributed by atoms with van der Waals surface area (Å²) in [6.07, 6.45) is 2.68. The van der Waals surface area contributed by atoms with Crippen LogP contribution in [0.1, 0.15) is 37.3 Å². The first-order valence-electron chi connectivity index (χ1n) is 8.78. The van der Waals surface area contributed by atoms with Gasteiger partial charge in [0.2, 0.25) is 5.91 Å². The van der Waals surface area contributed by atoms with Gasteiger partial charge in [-0.2, -0.15) is 0 Å². The van der Waals surface area contributed by atoms with Gasteiger partial charge in [-0.05, 0) is 55.2 Å². The van der Waals surface area contributed by atoms with Crippen molar-refractivity contribution < 1.29 is 13.9 Å². The quantitative estimate of drug-likeness (QED) is 0.784. The van der Waals surface area contributed by atoms with E-state index in [1.165, 1.54) is 12.1 Å². The van der Waals surface area contributed by atoms with Gasteiger partial charge in [-0.15, -0.1) is 0 Å². The number of hydrogen-bond donors (Lipinski definition) is 0. The molecule has 1 aliphatic carbocycles. The summed E-state index contributed by atoms with van der Waals surface area (Å²) in [7, 11) is 1.84. The summed E-state index contributed by atoms with van der Waals surface area (Å²) in [6.45, 7) is 3.14. The van der Waals surface area contributed by atoms with Gasteiger partial charge in [-0.25, -0.2) is 4.39 Å². The summed E-state index contributed by atoms with van der Waals surface area (Å²) in [6, 6.07) is 14.2. The number of carbonyl (C=O) groups is 1. The van der Waals surface area contributed by atoms with Crippen LogP contribution in [0.4, 0.5) is 4.39 Å². The van der Waals surface area contributed by atoms with Crippen LogP contribution in [-0.2, 0) is 16.8 Å². The van der Waals surface area contributed by atoms with E-state index in [1.807, 2.05) is 38.2 Å². The first kappa shape index (κ1) is 17.5. The number of hydrogen-bond acceptors (Lipinski definition) is 2. The molecule has 0 heterocycles. The van der Waals surface area contributed by atoms with E-state index >= 15 is 0 Å². The molecular weight excluding hydrogens is 317 g/mol. The highest BCUT2D eigenvalue weighted by Gasteiger charge is 2.46. The summed E-state index contributed by atoms with van der Waals surface area (Å²) in [5.41, 5.74) is 1.49. The third-order valence-corrected chi connectivity index (χ3v) is 5.01. The van der Waals surface area contributed by atoms with Crippen molar-refractivity contribution in [1.82, 2.24) is 4.90 Å². The Bertz CT molecular complexity index is 721. The van der Waals surface area contributed by atoms with Crippen molar-refractivity contribution in [2.75, 3.05) is 13.7 Å². The SMILES string of the molecule is CCOc1ccc(CN(C)C(=O)C2(c3ccc(F)cc3)CCC2)cc1. The molecule has 1 fully saturated rings. The van der Waals surface area contributed by atoms with Gasteiger partial charge in [-0.3, -0.25) is 4.79 Å². The van der Waals surface area contributed by atoms with Gasteiger partial charge in [0.25, 0.3) is 0 Å². The molecule has 3 nitrogen and oxygen atoms in total. The predicted molar refractivity (Wildman–Crippen MR) is 96.0 cm³/mol. The molecule has 2 aromatic rings. The number of carbonyl (C=O) groups excluding carboxylic acids is 1. The van der Waals surface area contributed by atoms with Gasteiger partial charge >= 0.3 is 0 Å². The van der Waals surface area contributed by atoms with Crippen LogP contribution in [0.25, 0.3) is 0 Å². The number of benzene rings is 2. The Kier molecular flexibility index (Phi) is 5.07. The molecule has 3 rings (SSSR count). The molecule has 1 saturated carbocycles. The lowest BCUT2D eigenvalue weighted by atomic mass is 9.63. The third-order valence-electron chi connectivity index (χ3n) is 5.01. The maximum atomic E-state index is 13.2. The van der Waals surface area contributed by atoms with Gasteiger partial charge in [-0.1, -0.05) is 30.7 Å². The Labute approximate surface area is 148 Å². The van der Waals surface area contributed by atoms with Crippen LogP contribution < -0.4 is 4.74 Å². The number of halogens is 1. The molecule has 0 radical (unpaired) electrons. The van der Waals surface area contributed by atoms with E-state index in [1.54, 1.807) is 17.0 Å². The second kappa shape index (κ2) is 7.26. The van der Waals surface area contributed by atoms with E-state index in [0.29, 0.717) is 13.2 Å². The number of rotatable bonds is 6. The van der Waals surface area contributed by atoms with Crippen molar-refractivity contribution in [3.63, 3.8) is 0 Å². The Hall–Kier alpha value is -2.36. The maximum Gasteiger partial charge on any atom is 0.233 e. The molecule has 0 saturated heterocycles. The van der Waals surface area contributed by atoms with Crippen LogP contribution in [0.15, 0.2) is 48.5 Å². The van der Waals surface area contributed by atoms with Crippen LogP contribution in [-0.4, -0.2) is 24.5 Å². The normalized spacial score (nSPS) is 15.3. The summed E-state index contributed by atoms with van der Waals surface area (Å²) < 4.78 is 18.7. The molecular formula is C21H24FNO2. The lowest BCUT2D eigenvalue weighted by molar-refractivity contribution is -0.140. The predicted octanol–water partition coefficient (Wildman–Crippen LogP) is 4.30. The van der Waals surface area contributed by atoms with E-state index < -0.39 is 5.41 Å². The van der Waals surface area contributed by atoms with Crippen LogP contribution in [0.3, 0.4) is 0 Å². The zero-order valence-corrected chi connectivity index (χ0v) is 14.8. The van der Waals surface area contributed by atoms with Crippen LogP contribution in [0, 0.1) is 5.82 Å². The van der Waals surface area contributed by atoms with E-state index in [-0.39, 0.29) is 11.7 Å². The Morgan fingerprint density at radius 1 is 1.12 bits per heavy atom. The number of amides is 1. The summed E-state index contributed by atoms with van der Waals surface area (Å²) in [5, 5.41) is 0. The molecule has 0 atom stereocenters. The molecule has 0 spiro atoms. The highest BCUT2D eigenvalue weighted by Crippen LogP contribution is 2.45. The third kappa shape index (κ3) is 3.53. The van der Waals surface area contributed by atoms with Crippen molar-refractivity contribution in [2.45, 2.75) is 38.1 Å². The minimum absolute atomic E-state index is 0.110. The van der Waals surface area contributed by atoms with Gasteiger partial charge in [0, 0.05) is 13.6 Å². The zero-order chi connectivity index (χ0) is 17.9. The molecule has 25 heavy (non-hydrogen) atoms. The van der Waals surface area contributed by atoms with E-state index in [9.17, 15) is 9.18 Å². The molecule has 1 aliphatic rings. The summed E-state index contributed by atoms with van der Waals surface area (Å²) in [5.74, 6) is 0.676. The molecule has 132 valence electrons. The van der Waals surface area contributed by atoms with Gasteiger partial charge in [0.15, 0.2) is 0 Å². The molecule has 4 heteroatoms.